The zero-order valence-corrected chi connectivity index (χ0v) is 11.0. The van der Waals surface area contributed by atoms with Gasteiger partial charge in [0.2, 0.25) is 0 Å². The Morgan fingerprint density at radius 2 is 1.80 bits per heavy atom. The van der Waals surface area contributed by atoms with E-state index >= 15 is 0 Å². The van der Waals surface area contributed by atoms with Crippen molar-refractivity contribution in [3.63, 3.8) is 0 Å². The standard InChI is InChI=1S/C15H13F2NO2/c1-8-3-6-12(16)14(13(8)17)18-10-4-5-11(15(19)20)9(2)7-10/h3-7,18H,1-2H3,(H,19,20). The van der Waals surface area contributed by atoms with Crippen molar-refractivity contribution in [1.29, 1.82) is 0 Å². The van der Waals surface area contributed by atoms with Crippen molar-refractivity contribution in [2.75, 3.05) is 5.32 Å². The lowest BCUT2D eigenvalue weighted by Gasteiger charge is -2.11. The zero-order chi connectivity index (χ0) is 14.9. The van der Waals surface area contributed by atoms with Gasteiger partial charge in [0.05, 0.1) is 5.56 Å². The van der Waals surface area contributed by atoms with Crippen LogP contribution >= 0.6 is 0 Å². The van der Waals surface area contributed by atoms with Crippen LogP contribution in [0.3, 0.4) is 0 Å². The zero-order valence-electron chi connectivity index (χ0n) is 11.0. The van der Waals surface area contributed by atoms with Crippen molar-refractivity contribution in [3.8, 4) is 0 Å². The molecule has 0 radical (unpaired) electrons. The third-order valence-corrected chi connectivity index (χ3v) is 3.01. The van der Waals surface area contributed by atoms with Gasteiger partial charge in [-0.3, -0.25) is 0 Å². The molecule has 0 heterocycles. The predicted octanol–water partition coefficient (Wildman–Crippen LogP) is 4.02. The van der Waals surface area contributed by atoms with Crippen LogP contribution in [-0.4, -0.2) is 11.1 Å². The first-order valence-corrected chi connectivity index (χ1v) is 5.95. The van der Waals surface area contributed by atoms with Crippen LogP contribution in [0.15, 0.2) is 30.3 Å². The van der Waals surface area contributed by atoms with Crippen molar-refractivity contribution in [1.82, 2.24) is 0 Å². The fourth-order valence-electron chi connectivity index (χ4n) is 1.90. The van der Waals surface area contributed by atoms with Gasteiger partial charge in [-0.25, -0.2) is 13.6 Å². The first-order chi connectivity index (χ1) is 9.40. The summed E-state index contributed by atoms with van der Waals surface area (Å²) in [5.41, 5.74) is 1.17. The molecule has 20 heavy (non-hydrogen) atoms. The first-order valence-electron chi connectivity index (χ1n) is 5.95. The van der Waals surface area contributed by atoms with E-state index in [-0.39, 0.29) is 11.3 Å². The number of hydrogen-bond acceptors (Lipinski definition) is 2. The van der Waals surface area contributed by atoms with Gasteiger partial charge in [0, 0.05) is 5.69 Å². The number of aromatic carboxylic acids is 1. The Morgan fingerprint density at radius 1 is 1.10 bits per heavy atom. The molecule has 0 unspecified atom stereocenters. The molecule has 0 aliphatic heterocycles. The summed E-state index contributed by atoms with van der Waals surface area (Å²) in [6.45, 7) is 3.16. The van der Waals surface area contributed by atoms with E-state index in [0.29, 0.717) is 16.8 Å². The summed E-state index contributed by atoms with van der Waals surface area (Å²) in [5.74, 6) is -2.40. The van der Waals surface area contributed by atoms with Gasteiger partial charge in [0.15, 0.2) is 5.82 Å². The second-order valence-corrected chi connectivity index (χ2v) is 4.51. The molecule has 0 saturated carbocycles. The van der Waals surface area contributed by atoms with Gasteiger partial charge in [-0.15, -0.1) is 0 Å². The Hall–Kier alpha value is -2.43. The first kappa shape index (κ1) is 14.0. The number of benzene rings is 2. The van der Waals surface area contributed by atoms with E-state index < -0.39 is 17.6 Å². The summed E-state index contributed by atoms with van der Waals surface area (Å²) in [6.07, 6.45) is 0. The minimum absolute atomic E-state index is 0.153. The van der Waals surface area contributed by atoms with Crippen molar-refractivity contribution >= 4 is 17.3 Å². The maximum atomic E-state index is 13.9. The molecule has 104 valence electrons. The number of anilines is 2. The fraction of sp³-hybridized carbons (Fsp3) is 0.133. The summed E-state index contributed by atoms with van der Waals surface area (Å²) in [4.78, 5) is 10.9. The van der Waals surface area contributed by atoms with E-state index in [0.717, 1.165) is 0 Å². The van der Waals surface area contributed by atoms with E-state index in [4.69, 9.17) is 5.11 Å². The van der Waals surface area contributed by atoms with Gasteiger partial charge in [-0.05, 0) is 49.2 Å². The Labute approximate surface area is 114 Å². The van der Waals surface area contributed by atoms with Gasteiger partial charge in [0.1, 0.15) is 11.5 Å². The van der Waals surface area contributed by atoms with E-state index in [1.807, 2.05) is 0 Å². The fourth-order valence-corrected chi connectivity index (χ4v) is 1.90. The second kappa shape index (κ2) is 5.28. The van der Waals surface area contributed by atoms with Gasteiger partial charge in [-0.1, -0.05) is 6.07 Å². The molecule has 2 aromatic carbocycles. The SMILES string of the molecule is Cc1cc(Nc2c(F)ccc(C)c2F)ccc1C(=O)O. The molecule has 0 aliphatic rings. The highest BCUT2D eigenvalue weighted by molar-refractivity contribution is 5.90. The van der Waals surface area contributed by atoms with E-state index in [1.165, 1.54) is 30.3 Å². The number of nitrogens with one attached hydrogen (secondary N) is 1. The highest BCUT2D eigenvalue weighted by atomic mass is 19.1. The Kier molecular flexibility index (Phi) is 3.70. The predicted molar refractivity (Wildman–Crippen MR) is 72.5 cm³/mol. The number of aryl methyl sites for hydroxylation is 2. The van der Waals surface area contributed by atoms with Crippen molar-refractivity contribution in [2.24, 2.45) is 0 Å². The lowest BCUT2D eigenvalue weighted by atomic mass is 10.1. The van der Waals surface area contributed by atoms with E-state index in [2.05, 4.69) is 5.32 Å². The van der Waals surface area contributed by atoms with E-state index in [9.17, 15) is 13.6 Å². The molecule has 2 aromatic rings. The molecule has 2 N–H and O–H groups in total. The van der Waals surface area contributed by atoms with Crippen LogP contribution in [0.25, 0.3) is 0 Å². The molecule has 2 rings (SSSR count). The minimum Gasteiger partial charge on any atom is -0.478 e. The number of halogens is 2. The van der Waals surface area contributed by atoms with Crippen molar-refractivity contribution in [2.45, 2.75) is 13.8 Å². The van der Waals surface area contributed by atoms with Crippen LogP contribution in [0, 0.1) is 25.5 Å². The molecule has 3 nitrogen and oxygen atoms in total. The largest absolute Gasteiger partial charge is 0.478 e. The number of carbonyl (C=O) groups is 1. The van der Waals surface area contributed by atoms with Crippen molar-refractivity contribution in [3.05, 3.63) is 58.7 Å². The lowest BCUT2D eigenvalue weighted by Crippen LogP contribution is -2.02. The molecule has 5 heteroatoms. The molecule has 0 fully saturated rings. The number of carboxylic acid groups (broad SMARTS) is 1. The monoisotopic (exact) mass is 277 g/mol. The molecule has 0 amide bonds. The van der Waals surface area contributed by atoms with Gasteiger partial charge in [0.25, 0.3) is 0 Å². The van der Waals surface area contributed by atoms with Crippen LogP contribution in [0.4, 0.5) is 20.2 Å². The Bertz CT molecular complexity index is 684. The quantitative estimate of drug-likeness (QED) is 0.890. The van der Waals surface area contributed by atoms with Crippen LogP contribution in [0.5, 0.6) is 0 Å². The summed E-state index contributed by atoms with van der Waals surface area (Å²) in [6, 6.07) is 6.93. The third-order valence-electron chi connectivity index (χ3n) is 3.01. The van der Waals surface area contributed by atoms with Crippen molar-refractivity contribution < 1.29 is 18.7 Å². The minimum atomic E-state index is -1.04. The topological polar surface area (TPSA) is 49.3 Å². The smallest absolute Gasteiger partial charge is 0.335 e. The molecule has 0 spiro atoms. The Balaban J connectivity index is 2.39. The van der Waals surface area contributed by atoms with Gasteiger partial charge < -0.3 is 10.4 Å². The maximum Gasteiger partial charge on any atom is 0.335 e. The molecule has 0 aliphatic carbocycles. The van der Waals surface area contributed by atoms with Crippen LogP contribution in [-0.2, 0) is 0 Å². The average Bonchev–Trinajstić information content (AvgIpc) is 2.39. The van der Waals surface area contributed by atoms with Gasteiger partial charge in [-0.2, -0.15) is 0 Å². The molecular weight excluding hydrogens is 264 g/mol. The molecule has 0 saturated heterocycles. The third kappa shape index (κ3) is 2.61. The van der Waals surface area contributed by atoms with Gasteiger partial charge >= 0.3 is 5.97 Å². The second-order valence-electron chi connectivity index (χ2n) is 4.51. The van der Waals surface area contributed by atoms with Crippen LogP contribution < -0.4 is 5.32 Å². The average molecular weight is 277 g/mol. The summed E-state index contributed by atoms with van der Waals surface area (Å²) < 4.78 is 27.5. The van der Waals surface area contributed by atoms with E-state index in [1.54, 1.807) is 13.8 Å². The normalized spacial score (nSPS) is 10.4. The highest BCUT2D eigenvalue weighted by Crippen LogP contribution is 2.26. The number of hydrogen-bond donors (Lipinski definition) is 2. The van der Waals surface area contributed by atoms with Crippen LogP contribution in [0.2, 0.25) is 0 Å². The molecule has 0 atom stereocenters. The maximum absolute atomic E-state index is 13.9. The summed E-state index contributed by atoms with van der Waals surface area (Å²) in [7, 11) is 0. The number of carboxylic acids is 1. The summed E-state index contributed by atoms with van der Waals surface area (Å²) in [5, 5.41) is 11.6. The molecular formula is C15H13F2NO2. The molecule has 0 aromatic heterocycles. The molecule has 0 bridgehead atoms. The van der Waals surface area contributed by atoms with Crippen LogP contribution in [0.1, 0.15) is 21.5 Å². The Morgan fingerprint density at radius 3 is 2.40 bits per heavy atom. The summed E-state index contributed by atoms with van der Waals surface area (Å²) >= 11 is 0. The highest BCUT2D eigenvalue weighted by Gasteiger charge is 2.13. The number of rotatable bonds is 3. The lowest BCUT2D eigenvalue weighted by molar-refractivity contribution is 0.0696.